The van der Waals surface area contributed by atoms with Crippen molar-refractivity contribution in [3.63, 3.8) is 0 Å². The Balaban J connectivity index is 1.35. The lowest BCUT2D eigenvalue weighted by Gasteiger charge is -2.14. The van der Waals surface area contributed by atoms with Crippen LogP contribution in [0.3, 0.4) is 0 Å². The summed E-state index contributed by atoms with van der Waals surface area (Å²) in [6, 6.07) is 12.0. The smallest absolute Gasteiger partial charge is 0.310 e. The third-order valence-electron chi connectivity index (χ3n) is 5.65. The maximum absolute atomic E-state index is 13.6. The minimum atomic E-state index is -0.933. The van der Waals surface area contributed by atoms with Crippen LogP contribution in [0.15, 0.2) is 58.8 Å². The molecule has 0 radical (unpaired) electrons. The first-order chi connectivity index (χ1) is 17.6. The van der Waals surface area contributed by atoms with E-state index in [0.717, 1.165) is 28.8 Å². The Bertz CT molecular complexity index is 1420. The van der Waals surface area contributed by atoms with Crippen LogP contribution in [0, 0.1) is 11.6 Å². The number of anilines is 1. The molecule has 3 aromatic rings. The fourth-order valence-corrected chi connectivity index (χ4v) is 5.73. The number of nitrogens with zero attached hydrogens (tertiary/aromatic N) is 1. The molecular weight excluding hydrogens is 538 g/mol. The number of carboxylic acid groups (broad SMARTS) is 1. The number of benzene rings is 2. The SMILES string of the molecule is CC(C(=O)O)c1ccc(NC(=O)CCN2C(=O)C(=Cc3cc(-c4ccc(F)c(F)c4)cs3)SC2=S)cc1. The Labute approximate surface area is 225 Å². The summed E-state index contributed by atoms with van der Waals surface area (Å²) in [5, 5.41) is 13.6. The van der Waals surface area contributed by atoms with Gasteiger partial charge in [0.15, 0.2) is 11.6 Å². The molecule has 2 heterocycles. The lowest BCUT2D eigenvalue weighted by Crippen LogP contribution is -2.31. The highest BCUT2D eigenvalue weighted by Gasteiger charge is 2.32. The van der Waals surface area contributed by atoms with Crippen LogP contribution in [0.25, 0.3) is 17.2 Å². The number of aliphatic carboxylic acids is 1. The number of rotatable bonds is 8. The van der Waals surface area contributed by atoms with E-state index in [1.165, 1.54) is 22.3 Å². The van der Waals surface area contributed by atoms with Crippen LogP contribution >= 0.6 is 35.3 Å². The number of carbonyl (C=O) groups is 3. The summed E-state index contributed by atoms with van der Waals surface area (Å²) < 4.78 is 27.1. The van der Waals surface area contributed by atoms with Crippen molar-refractivity contribution in [3.8, 4) is 11.1 Å². The highest BCUT2D eigenvalue weighted by molar-refractivity contribution is 8.26. The molecular formula is C26H20F2N2O4S3. The van der Waals surface area contributed by atoms with Gasteiger partial charge in [-0.25, -0.2) is 8.78 Å². The molecule has 4 rings (SSSR count). The number of hydrogen-bond acceptors (Lipinski definition) is 6. The van der Waals surface area contributed by atoms with Crippen LogP contribution in [0.2, 0.25) is 0 Å². The highest BCUT2D eigenvalue weighted by atomic mass is 32.2. The van der Waals surface area contributed by atoms with Gasteiger partial charge in [0, 0.05) is 23.5 Å². The molecule has 0 saturated carbocycles. The van der Waals surface area contributed by atoms with Crippen LogP contribution in [-0.4, -0.2) is 38.7 Å². The molecule has 0 bridgehead atoms. The normalized spacial score (nSPS) is 15.3. The zero-order valence-electron chi connectivity index (χ0n) is 19.4. The van der Waals surface area contributed by atoms with Crippen molar-refractivity contribution in [2.75, 3.05) is 11.9 Å². The first-order valence-electron chi connectivity index (χ1n) is 11.0. The van der Waals surface area contributed by atoms with Crippen molar-refractivity contribution in [2.24, 2.45) is 0 Å². The van der Waals surface area contributed by atoms with E-state index < -0.39 is 23.5 Å². The molecule has 6 nitrogen and oxygen atoms in total. The molecule has 1 unspecified atom stereocenters. The molecule has 2 aromatic carbocycles. The second kappa shape index (κ2) is 11.3. The number of thiocarbonyl (C=S) groups is 1. The third kappa shape index (κ3) is 6.30. The topological polar surface area (TPSA) is 86.7 Å². The van der Waals surface area contributed by atoms with Gasteiger partial charge < -0.3 is 10.4 Å². The second-order valence-corrected chi connectivity index (χ2v) is 10.8. The van der Waals surface area contributed by atoms with Gasteiger partial charge in [0.25, 0.3) is 5.91 Å². The molecule has 1 aromatic heterocycles. The maximum Gasteiger partial charge on any atom is 0.310 e. The molecule has 1 aliphatic rings. The standard InChI is InChI=1S/C26H20F2N2O4S3/c1-14(25(33)34)15-2-5-18(6-3-15)29-23(31)8-9-30-24(32)22(37-26(30)35)12-19-10-17(13-36-19)16-4-7-20(27)21(28)11-16/h2-7,10-14H,8-9H2,1H3,(H,29,31)(H,33,34). The molecule has 2 N–H and O–H groups in total. The summed E-state index contributed by atoms with van der Waals surface area (Å²) in [5.41, 5.74) is 2.37. The van der Waals surface area contributed by atoms with Crippen LogP contribution < -0.4 is 5.32 Å². The monoisotopic (exact) mass is 558 g/mol. The van der Waals surface area contributed by atoms with Gasteiger partial charge in [-0.15, -0.1) is 11.3 Å². The van der Waals surface area contributed by atoms with Crippen LogP contribution in [0.4, 0.5) is 14.5 Å². The minimum absolute atomic E-state index is 0.0201. The second-order valence-electron chi connectivity index (χ2n) is 8.18. The van der Waals surface area contributed by atoms with Gasteiger partial charge in [-0.05, 0) is 65.4 Å². The Morgan fingerprint density at radius 1 is 1.11 bits per heavy atom. The number of carboxylic acids is 1. The quantitative estimate of drug-likeness (QED) is 0.256. The number of carbonyl (C=O) groups excluding carboxylic acids is 2. The Kier molecular flexibility index (Phi) is 8.16. The molecule has 11 heteroatoms. The summed E-state index contributed by atoms with van der Waals surface area (Å²) in [5.74, 6) is -4.06. The highest BCUT2D eigenvalue weighted by Crippen LogP contribution is 2.35. The summed E-state index contributed by atoms with van der Waals surface area (Å²) >= 11 is 7.82. The van der Waals surface area contributed by atoms with Gasteiger partial charge in [-0.1, -0.05) is 42.2 Å². The number of hydrogen-bond donors (Lipinski definition) is 2. The first-order valence-corrected chi connectivity index (χ1v) is 13.1. The molecule has 1 saturated heterocycles. The van der Waals surface area contributed by atoms with Gasteiger partial charge in [-0.2, -0.15) is 0 Å². The van der Waals surface area contributed by atoms with Crippen LogP contribution in [-0.2, 0) is 14.4 Å². The average Bonchev–Trinajstić information content (AvgIpc) is 3.43. The van der Waals surface area contributed by atoms with Crippen molar-refractivity contribution >= 4 is 69.2 Å². The molecule has 1 fully saturated rings. The van der Waals surface area contributed by atoms with Gasteiger partial charge in [0.2, 0.25) is 5.91 Å². The predicted molar refractivity (Wildman–Crippen MR) is 145 cm³/mol. The molecule has 1 aliphatic heterocycles. The average molecular weight is 559 g/mol. The first kappa shape index (κ1) is 26.6. The van der Waals surface area contributed by atoms with Gasteiger partial charge in [-0.3, -0.25) is 19.3 Å². The molecule has 2 amide bonds. The van der Waals surface area contributed by atoms with E-state index in [4.69, 9.17) is 17.3 Å². The van der Waals surface area contributed by atoms with Crippen molar-refractivity contribution in [3.05, 3.63) is 80.9 Å². The molecule has 0 spiro atoms. The van der Waals surface area contributed by atoms with Crippen LogP contribution in [0.1, 0.15) is 29.7 Å². The van der Waals surface area contributed by atoms with E-state index in [2.05, 4.69) is 5.32 Å². The zero-order chi connectivity index (χ0) is 26.7. The summed E-state index contributed by atoms with van der Waals surface area (Å²) in [4.78, 5) is 38.9. The van der Waals surface area contributed by atoms with E-state index in [1.807, 2.05) is 0 Å². The van der Waals surface area contributed by atoms with E-state index in [-0.39, 0.29) is 24.8 Å². The fraction of sp³-hybridized carbons (Fsp3) is 0.154. The predicted octanol–water partition coefficient (Wildman–Crippen LogP) is 6.11. The number of thiophene rings is 1. The number of nitrogens with one attached hydrogen (secondary N) is 1. The lowest BCUT2D eigenvalue weighted by atomic mass is 10.0. The van der Waals surface area contributed by atoms with E-state index in [1.54, 1.807) is 48.7 Å². The largest absolute Gasteiger partial charge is 0.481 e. The summed E-state index contributed by atoms with van der Waals surface area (Å²) in [7, 11) is 0. The minimum Gasteiger partial charge on any atom is -0.481 e. The Hall–Kier alpha value is -3.41. The van der Waals surface area contributed by atoms with Gasteiger partial charge >= 0.3 is 5.97 Å². The van der Waals surface area contributed by atoms with Crippen molar-refractivity contribution < 1.29 is 28.3 Å². The van der Waals surface area contributed by atoms with E-state index in [0.29, 0.717) is 31.6 Å². The lowest BCUT2D eigenvalue weighted by molar-refractivity contribution is -0.138. The van der Waals surface area contributed by atoms with Crippen molar-refractivity contribution in [2.45, 2.75) is 19.3 Å². The van der Waals surface area contributed by atoms with E-state index in [9.17, 15) is 23.2 Å². The van der Waals surface area contributed by atoms with Crippen molar-refractivity contribution in [1.29, 1.82) is 0 Å². The fourth-order valence-electron chi connectivity index (χ4n) is 3.51. The van der Waals surface area contributed by atoms with Crippen LogP contribution in [0.5, 0.6) is 0 Å². The molecule has 1 atom stereocenters. The maximum atomic E-state index is 13.6. The van der Waals surface area contributed by atoms with Gasteiger partial charge in [0.1, 0.15) is 4.32 Å². The van der Waals surface area contributed by atoms with E-state index >= 15 is 0 Å². The Morgan fingerprint density at radius 3 is 2.51 bits per heavy atom. The van der Waals surface area contributed by atoms with Gasteiger partial charge in [0.05, 0.1) is 10.8 Å². The number of halogens is 2. The molecule has 37 heavy (non-hydrogen) atoms. The molecule has 0 aliphatic carbocycles. The zero-order valence-corrected chi connectivity index (χ0v) is 21.8. The van der Waals surface area contributed by atoms with Crippen molar-refractivity contribution in [1.82, 2.24) is 4.90 Å². The Morgan fingerprint density at radius 2 is 1.84 bits per heavy atom. The molecule has 190 valence electrons. The number of thioether (sulfide) groups is 1. The summed E-state index contributed by atoms with van der Waals surface area (Å²) in [6.07, 6.45) is 1.71. The summed E-state index contributed by atoms with van der Waals surface area (Å²) in [6.45, 7) is 1.68. The number of amides is 2. The third-order valence-corrected chi connectivity index (χ3v) is 7.90.